The lowest BCUT2D eigenvalue weighted by atomic mass is 10.1. The summed E-state index contributed by atoms with van der Waals surface area (Å²) >= 11 is 0. The number of hydrogen-bond donors (Lipinski definition) is 2. The Kier molecular flexibility index (Phi) is 9.04. The minimum absolute atomic E-state index is 0.129. The van der Waals surface area contributed by atoms with Crippen molar-refractivity contribution in [2.45, 2.75) is 19.9 Å². The second kappa shape index (κ2) is 12.6. The third kappa shape index (κ3) is 7.98. The Balaban J connectivity index is 1.45. The number of para-hydroxylation sites is 1. The van der Waals surface area contributed by atoms with Crippen LogP contribution >= 0.6 is 0 Å². The molecule has 0 saturated carbocycles. The summed E-state index contributed by atoms with van der Waals surface area (Å²) in [5.41, 5.74) is 1.83. The number of ether oxygens (including phenoxy) is 3. The molecule has 0 radical (unpaired) electrons. The third-order valence-electron chi connectivity index (χ3n) is 4.60. The van der Waals surface area contributed by atoms with Crippen molar-refractivity contribution in [1.82, 2.24) is 5.32 Å². The molecule has 8 nitrogen and oxygen atoms in total. The second-order valence-electron chi connectivity index (χ2n) is 7.15. The van der Waals surface area contributed by atoms with Crippen molar-refractivity contribution < 1.29 is 28.6 Å². The maximum absolute atomic E-state index is 12.5. The van der Waals surface area contributed by atoms with E-state index < -0.39 is 6.16 Å². The van der Waals surface area contributed by atoms with Gasteiger partial charge >= 0.3 is 6.16 Å². The Bertz CT molecular complexity index is 1100. The lowest BCUT2D eigenvalue weighted by Gasteiger charge is -2.10. The normalized spacial score (nSPS) is 10.1. The van der Waals surface area contributed by atoms with Crippen LogP contribution in [0.4, 0.5) is 10.5 Å². The first kappa shape index (κ1) is 24.3. The van der Waals surface area contributed by atoms with Gasteiger partial charge in [0, 0.05) is 17.8 Å². The molecule has 3 rings (SSSR count). The molecule has 0 bridgehead atoms. The van der Waals surface area contributed by atoms with Gasteiger partial charge in [-0.1, -0.05) is 30.3 Å². The van der Waals surface area contributed by atoms with Crippen molar-refractivity contribution in [3.8, 4) is 11.5 Å². The van der Waals surface area contributed by atoms with E-state index in [0.29, 0.717) is 17.8 Å². The Morgan fingerprint density at radius 3 is 2.35 bits per heavy atom. The van der Waals surface area contributed by atoms with Crippen LogP contribution in [0.3, 0.4) is 0 Å². The zero-order valence-corrected chi connectivity index (χ0v) is 18.8. The van der Waals surface area contributed by atoms with E-state index in [9.17, 15) is 14.4 Å². The smallest absolute Gasteiger partial charge is 0.493 e. The molecule has 0 saturated heterocycles. The van der Waals surface area contributed by atoms with Gasteiger partial charge in [0.05, 0.1) is 19.6 Å². The van der Waals surface area contributed by atoms with Crippen molar-refractivity contribution in [3.05, 3.63) is 90.0 Å². The maximum atomic E-state index is 12.5. The number of hydrogen-bond acceptors (Lipinski definition) is 6. The largest absolute Gasteiger partial charge is 0.513 e. The monoisotopic (exact) mass is 462 g/mol. The van der Waals surface area contributed by atoms with Gasteiger partial charge in [0.2, 0.25) is 5.91 Å². The molecule has 0 aliphatic carbocycles. The Hall–Kier alpha value is -4.33. The van der Waals surface area contributed by atoms with Gasteiger partial charge in [0.25, 0.3) is 5.91 Å². The van der Waals surface area contributed by atoms with Gasteiger partial charge in [-0.25, -0.2) is 4.79 Å². The molecule has 0 aromatic heterocycles. The van der Waals surface area contributed by atoms with Gasteiger partial charge in [0.15, 0.2) is 0 Å². The lowest BCUT2D eigenvalue weighted by Crippen LogP contribution is -2.24. The summed E-state index contributed by atoms with van der Waals surface area (Å²) in [5.74, 6) is 0.555. The van der Waals surface area contributed by atoms with Gasteiger partial charge in [-0.05, 0) is 61.0 Å². The minimum Gasteiger partial charge on any atom is -0.493 e. The average molecular weight is 463 g/mol. The zero-order valence-electron chi connectivity index (χ0n) is 18.8. The fourth-order valence-electron chi connectivity index (χ4n) is 2.95. The highest BCUT2D eigenvalue weighted by molar-refractivity contribution is 6.04. The van der Waals surface area contributed by atoms with E-state index in [2.05, 4.69) is 10.6 Å². The standard InChI is InChI=1S/C26H26N2O6/c1-2-32-26(31)34-23-13-11-20(12-14-23)25(30)28-21-8-6-7-19(17-21)18-27-24(29)15-16-33-22-9-4-3-5-10-22/h3-14,17H,2,15-16,18H2,1H3,(H,27,29)(H,28,30). The molecule has 0 atom stereocenters. The van der Waals surface area contributed by atoms with Crippen LogP contribution in [0, 0.1) is 0 Å². The summed E-state index contributed by atoms with van der Waals surface area (Å²) in [4.78, 5) is 36.0. The number of nitrogens with one attached hydrogen (secondary N) is 2. The fraction of sp³-hybridized carbons (Fsp3) is 0.192. The van der Waals surface area contributed by atoms with Crippen LogP contribution in [0.25, 0.3) is 0 Å². The van der Waals surface area contributed by atoms with E-state index >= 15 is 0 Å². The maximum Gasteiger partial charge on any atom is 0.513 e. The van der Waals surface area contributed by atoms with Gasteiger partial charge in [0.1, 0.15) is 11.5 Å². The number of carbonyl (C=O) groups excluding carboxylic acids is 3. The van der Waals surface area contributed by atoms with Gasteiger partial charge in [-0.2, -0.15) is 0 Å². The van der Waals surface area contributed by atoms with E-state index in [1.165, 1.54) is 12.1 Å². The molecular weight excluding hydrogens is 436 g/mol. The van der Waals surface area contributed by atoms with Crippen LogP contribution < -0.4 is 20.1 Å². The van der Waals surface area contributed by atoms with Crippen molar-refractivity contribution in [2.75, 3.05) is 18.5 Å². The highest BCUT2D eigenvalue weighted by Crippen LogP contribution is 2.16. The first-order chi connectivity index (χ1) is 16.5. The first-order valence-electron chi connectivity index (χ1n) is 10.8. The second-order valence-corrected chi connectivity index (χ2v) is 7.15. The highest BCUT2D eigenvalue weighted by Gasteiger charge is 2.10. The lowest BCUT2D eigenvalue weighted by molar-refractivity contribution is -0.121. The molecule has 2 N–H and O–H groups in total. The Morgan fingerprint density at radius 1 is 0.853 bits per heavy atom. The van der Waals surface area contributed by atoms with Crippen molar-refractivity contribution >= 4 is 23.7 Å². The van der Waals surface area contributed by atoms with Crippen LogP contribution in [-0.4, -0.2) is 31.2 Å². The van der Waals surface area contributed by atoms with Crippen LogP contribution in [0.2, 0.25) is 0 Å². The quantitative estimate of drug-likeness (QED) is 0.338. The molecular formula is C26H26N2O6. The number of amides is 2. The molecule has 2 amide bonds. The Labute approximate surface area is 197 Å². The van der Waals surface area contributed by atoms with E-state index in [0.717, 1.165) is 11.3 Å². The summed E-state index contributed by atoms with van der Waals surface area (Å²) in [6, 6.07) is 22.6. The molecule has 3 aromatic carbocycles. The van der Waals surface area contributed by atoms with Crippen LogP contribution in [0.5, 0.6) is 11.5 Å². The number of rotatable bonds is 10. The number of benzene rings is 3. The molecule has 0 fully saturated rings. The van der Waals surface area contributed by atoms with Crippen molar-refractivity contribution in [3.63, 3.8) is 0 Å². The van der Waals surface area contributed by atoms with Crippen LogP contribution in [0.1, 0.15) is 29.3 Å². The SMILES string of the molecule is CCOC(=O)Oc1ccc(C(=O)Nc2cccc(CNC(=O)CCOc3ccccc3)c2)cc1. The molecule has 3 aromatic rings. The molecule has 0 spiro atoms. The van der Waals surface area contributed by atoms with E-state index in [-0.39, 0.29) is 37.2 Å². The number of anilines is 1. The third-order valence-corrected chi connectivity index (χ3v) is 4.60. The van der Waals surface area contributed by atoms with E-state index in [4.69, 9.17) is 14.2 Å². The summed E-state index contributed by atoms with van der Waals surface area (Å²) < 4.78 is 15.2. The molecule has 0 heterocycles. The molecule has 176 valence electrons. The van der Waals surface area contributed by atoms with Crippen LogP contribution in [0.15, 0.2) is 78.9 Å². The summed E-state index contributed by atoms with van der Waals surface area (Å²) in [6.45, 7) is 2.51. The van der Waals surface area contributed by atoms with Gasteiger partial charge in [-0.3, -0.25) is 9.59 Å². The van der Waals surface area contributed by atoms with Gasteiger partial charge in [-0.15, -0.1) is 0 Å². The summed E-state index contributed by atoms with van der Waals surface area (Å²) in [5, 5.41) is 5.66. The van der Waals surface area contributed by atoms with Gasteiger partial charge < -0.3 is 24.8 Å². The van der Waals surface area contributed by atoms with E-state index in [1.807, 2.05) is 36.4 Å². The highest BCUT2D eigenvalue weighted by atomic mass is 16.7. The first-order valence-corrected chi connectivity index (χ1v) is 10.8. The molecule has 8 heteroatoms. The summed E-state index contributed by atoms with van der Waals surface area (Å²) in [6.07, 6.45) is -0.561. The molecule has 0 aliphatic heterocycles. The van der Waals surface area contributed by atoms with Crippen LogP contribution in [-0.2, 0) is 16.1 Å². The zero-order chi connectivity index (χ0) is 24.2. The molecule has 0 aliphatic rings. The number of carbonyl (C=O) groups is 3. The minimum atomic E-state index is -0.799. The average Bonchev–Trinajstić information content (AvgIpc) is 2.84. The summed E-state index contributed by atoms with van der Waals surface area (Å²) in [7, 11) is 0. The predicted octanol–water partition coefficient (Wildman–Crippen LogP) is 4.56. The van der Waals surface area contributed by atoms with Crippen molar-refractivity contribution in [2.24, 2.45) is 0 Å². The Morgan fingerprint density at radius 2 is 1.62 bits per heavy atom. The predicted molar refractivity (Wildman–Crippen MR) is 127 cm³/mol. The topological polar surface area (TPSA) is 103 Å². The molecule has 34 heavy (non-hydrogen) atoms. The van der Waals surface area contributed by atoms with Crippen molar-refractivity contribution in [1.29, 1.82) is 0 Å². The fourth-order valence-corrected chi connectivity index (χ4v) is 2.95. The molecule has 0 unspecified atom stereocenters. The van der Waals surface area contributed by atoms with E-state index in [1.54, 1.807) is 37.3 Å².